The first kappa shape index (κ1) is 18.7. The van der Waals surface area contributed by atoms with Gasteiger partial charge in [-0.25, -0.2) is 9.59 Å². The fourth-order valence-corrected chi connectivity index (χ4v) is 2.16. The van der Waals surface area contributed by atoms with E-state index in [0.717, 1.165) is 9.13 Å². The summed E-state index contributed by atoms with van der Waals surface area (Å²) in [5, 5.41) is 0. The second kappa shape index (κ2) is 7.76. The van der Waals surface area contributed by atoms with Crippen molar-refractivity contribution < 1.29 is 19.1 Å². The molecule has 0 saturated heterocycles. The van der Waals surface area contributed by atoms with E-state index >= 15 is 0 Å². The van der Waals surface area contributed by atoms with Crippen molar-refractivity contribution in [3.63, 3.8) is 0 Å². The lowest BCUT2D eigenvalue weighted by Crippen LogP contribution is -2.36. The molecular weight excluding hydrogens is 395 g/mol. The van der Waals surface area contributed by atoms with Crippen LogP contribution in [0.3, 0.4) is 0 Å². The lowest BCUT2D eigenvalue weighted by molar-refractivity contribution is -0.172. The Morgan fingerprint density at radius 1 is 1.27 bits per heavy atom. The highest BCUT2D eigenvalue weighted by atomic mass is 127. The largest absolute Gasteiger partial charge is 0.452 e. The van der Waals surface area contributed by atoms with E-state index in [0.29, 0.717) is 0 Å². The van der Waals surface area contributed by atoms with Crippen LogP contribution in [0.5, 0.6) is 0 Å². The molecule has 5 heteroatoms. The molecule has 0 spiro atoms. The Kier molecular flexibility index (Phi) is 6.59. The van der Waals surface area contributed by atoms with Crippen molar-refractivity contribution in [1.29, 1.82) is 0 Å². The number of carbonyl (C=O) groups is 2. The second-order valence-electron chi connectivity index (χ2n) is 5.60. The molecule has 1 aromatic rings. The Hall–Kier alpha value is -1.37. The van der Waals surface area contributed by atoms with E-state index in [4.69, 9.17) is 9.47 Å². The van der Waals surface area contributed by atoms with E-state index < -0.39 is 24.1 Å². The van der Waals surface area contributed by atoms with Crippen LogP contribution in [0, 0.1) is 9.49 Å². The van der Waals surface area contributed by atoms with E-state index in [2.05, 4.69) is 29.2 Å². The van der Waals surface area contributed by atoms with Crippen LogP contribution >= 0.6 is 22.6 Å². The van der Waals surface area contributed by atoms with Crippen molar-refractivity contribution in [2.24, 2.45) is 5.92 Å². The Labute approximate surface area is 145 Å². The highest BCUT2D eigenvalue weighted by Gasteiger charge is 2.35. The molecule has 0 amide bonds. The maximum atomic E-state index is 12.0. The van der Waals surface area contributed by atoms with Crippen LogP contribution in [0.4, 0.5) is 0 Å². The predicted octanol–water partition coefficient (Wildman–Crippen LogP) is 3.82. The van der Waals surface area contributed by atoms with Gasteiger partial charge in [-0.05, 0) is 60.1 Å². The van der Waals surface area contributed by atoms with Gasteiger partial charge in [0, 0.05) is 9.14 Å². The van der Waals surface area contributed by atoms with Crippen LogP contribution in [0.15, 0.2) is 36.4 Å². The van der Waals surface area contributed by atoms with E-state index in [1.807, 2.05) is 45.0 Å². The van der Waals surface area contributed by atoms with Gasteiger partial charge in [0.15, 0.2) is 6.61 Å². The number of rotatable bonds is 6. The Morgan fingerprint density at radius 2 is 1.82 bits per heavy atom. The number of benzene rings is 1. The molecule has 0 N–H and O–H groups in total. The summed E-state index contributed by atoms with van der Waals surface area (Å²) in [5.74, 6) is -1.12. The fraction of sp³-hybridized carbons (Fsp3) is 0.412. The average molecular weight is 416 g/mol. The molecule has 1 unspecified atom stereocenters. The van der Waals surface area contributed by atoms with Crippen molar-refractivity contribution in [3.05, 3.63) is 45.6 Å². The summed E-state index contributed by atoms with van der Waals surface area (Å²) in [6.45, 7) is 10.4. The van der Waals surface area contributed by atoms with Gasteiger partial charge in [-0.3, -0.25) is 0 Å². The molecule has 0 aliphatic heterocycles. The van der Waals surface area contributed by atoms with E-state index in [1.165, 1.54) is 6.92 Å². The molecule has 0 aliphatic rings. The number of hydrogen-bond donors (Lipinski definition) is 0. The Morgan fingerprint density at radius 3 is 2.27 bits per heavy atom. The molecule has 0 saturated carbocycles. The third-order valence-electron chi connectivity index (χ3n) is 3.51. The third-order valence-corrected chi connectivity index (χ3v) is 4.23. The normalized spacial score (nSPS) is 13.4. The maximum Gasteiger partial charge on any atom is 0.345 e. The van der Waals surface area contributed by atoms with Gasteiger partial charge < -0.3 is 9.47 Å². The molecule has 1 atom stereocenters. The number of halogens is 1. The first-order valence-corrected chi connectivity index (χ1v) is 8.05. The topological polar surface area (TPSA) is 52.6 Å². The number of esters is 2. The minimum absolute atomic E-state index is 0.0633. The first-order valence-electron chi connectivity index (χ1n) is 6.97. The van der Waals surface area contributed by atoms with Crippen molar-refractivity contribution in [1.82, 2.24) is 0 Å². The molecule has 0 aliphatic carbocycles. The summed E-state index contributed by atoms with van der Waals surface area (Å²) in [6.07, 6.45) is 0. The van der Waals surface area contributed by atoms with Gasteiger partial charge in [-0.15, -0.1) is 0 Å². The quantitative estimate of drug-likeness (QED) is 0.402. The van der Waals surface area contributed by atoms with Gasteiger partial charge in [0.05, 0.1) is 0 Å². The van der Waals surface area contributed by atoms with Gasteiger partial charge in [0.25, 0.3) is 0 Å². The molecule has 0 radical (unpaired) electrons. The molecule has 120 valence electrons. The van der Waals surface area contributed by atoms with Gasteiger partial charge in [0.2, 0.25) is 0 Å². The minimum atomic E-state index is -0.781. The van der Waals surface area contributed by atoms with Crippen molar-refractivity contribution in [2.75, 3.05) is 6.61 Å². The zero-order valence-electron chi connectivity index (χ0n) is 13.3. The first-order chi connectivity index (χ1) is 10.2. The summed E-state index contributed by atoms with van der Waals surface area (Å²) < 4.78 is 11.5. The van der Waals surface area contributed by atoms with Crippen LogP contribution in [-0.2, 0) is 24.7 Å². The van der Waals surface area contributed by atoms with Gasteiger partial charge in [-0.2, -0.15) is 0 Å². The lowest BCUT2D eigenvalue weighted by atomic mass is 9.85. The molecular formula is C17H21IO4. The number of carbonyl (C=O) groups excluding carboxylic acids is 2. The van der Waals surface area contributed by atoms with Crippen molar-refractivity contribution in [3.8, 4) is 0 Å². The fourth-order valence-electron chi connectivity index (χ4n) is 1.80. The summed E-state index contributed by atoms with van der Waals surface area (Å²) in [6, 6.07) is 7.81. The molecule has 22 heavy (non-hydrogen) atoms. The Bertz CT molecular complexity index is 563. The van der Waals surface area contributed by atoms with Gasteiger partial charge >= 0.3 is 11.9 Å². The van der Waals surface area contributed by atoms with E-state index in [9.17, 15) is 9.59 Å². The zero-order valence-corrected chi connectivity index (χ0v) is 15.5. The van der Waals surface area contributed by atoms with Crippen LogP contribution < -0.4 is 0 Å². The van der Waals surface area contributed by atoms with E-state index in [-0.39, 0.29) is 11.5 Å². The van der Waals surface area contributed by atoms with Crippen LogP contribution in [0.25, 0.3) is 0 Å². The molecule has 0 heterocycles. The number of ether oxygens (including phenoxy) is 2. The third kappa shape index (κ3) is 4.83. The molecule has 0 bridgehead atoms. The van der Waals surface area contributed by atoms with Gasteiger partial charge in [-0.1, -0.05) is 32.6 Å². The van der Waals surface area contributed by atoms with Crippen molar-refractivity contribution in [2.45, 2.75) is 33.3 Å². The summed E-state index contributed by atoms with van der Waals surface area (Å²) in [7, 11) is 0. The average Bonchev–Trinajstić information content (AvgIpc) is 2.44. The minimum Gasteiger partial charge on any atom is -0.452 e. The highest BCUT2D eigenvalue weighted by Crippen LogP contribution is 2.33. The monoisotopic (exact) mass is 416 g/mol. The lowest BCUT2D eigenvalue weighted by Gasteiger charge is -2.34. The maximum absolute atomic E-state index is 12.0. The highest BCUT2D eigenvalue weighted by molar-refractivity contribution is 14.1. The molecule has 1 aromatic carbocycles. The molecule has 0 aromatic heterocycles. The van der Waals surface area contributed by atoms with Crippen LogP contribution in [0.1, 0.15) is 33.3 Å². The summed E-state index contributed by atoms with van der Waals surface area (Å²) in [5.41, 5.74) is 0.372. The molecule has 0 fully saturated rings. The van der Waals surface area contributed by atoms with Crippen LogP contribution in [-0.4, -0.2) is 18.5 Å². The standard InChI is InChI=1S/C17H21IO4/c1-11(2)16(20)21-10-15(19)22-17(5,12(3)4)13-6-8-14(18)9-7-13/h6-9,12H,1,10H2,2-5H3. The summed E-state index contributed by atoms with van der Waals surface area (Å²) >= 11 is 2.22. The Balaban J connectivity index is 2.83. The molecule has 1 rings (SSSR count). The SMILES string of the molecule is C=C(C)C(=O)OCC(=O)OC(C)(c1ccc(I)cc1)C(C)C. The second-order valence-corrected chi connectivity index (χ2v) is 6.84. The smallest absolute Gasteiger partial charge is 0.345 e. The summed E-state index contributed by atoms with van der Waals surface area (Å²) in [4.78, 5) is 23.3. The predicted molar refractivity (Wildman–Crippen MR) is 93.2 cm³/mol. The zero-order chi connectivity index (χ0) is 16.9. The van der Waals surface area contributed by atoms with Gasteiger partial charge in [0.1, 0.15) is 5.60 Å². The molecule has 4 nitrogen and oxygen atoms in total. The van der Waals surface area contributed by atoms with Crippen LogP contribution in [0.2, 0.25) is 0 Å². The number of hydrogen-bond acceptors (Lipinski definition) is 4. The van der Waals surface area contributed by atoms with E-state index in [1.54, 1.807) is 0 Å². The van der Waals surface area contributed by atoms with Crippen molar-refractivity contribution >= 4 is 34.5 Å².